The van der Waals surface area contributed by atoms with Crippen LogP contribution in [0.25, 0.3) is 0 Å². The number of aliphatic hydroxyl groups is 1. The molecule has 2 aliphatic rings. The first-order valence-electron chi connectivity index (χ1n) is 7.26. The number of carbonyl (C=O) groups excluding carboxylic acids is 1. The van der Waals surface area contributed by atoms with Gasteiger partial charge >= 0.3 is 0 Å². The summed E-state index contributed by atoms with van der Waals surface area (Å²) in [5.74, 6) is 0.157. The number of hydrogen-bond acceptors (Lipinski definition) is 2. The molecule has 1 aromatic carbocycles. The SMILES string of the molecule is O=C(NCC1(CCO)CC1)C1(c2ccc(Br)cc2)CC1. The lowest BCUT2D eigenvalue weighted by Gasteiger charge is -2.19. The van der Waals surface area contributed by atoms with E-state index in [9.17, 15) is 4.79 Å². The van der Waals surface area contributed by atoms with Gasteiger partial charge in [0.25, 0.3) is 0 Å². The van der Waals surface area contributed by atoms with Gasteiger partial charge in [0.05, 0.1) is 5.41 Å². The molecule has 2 fully saturated rings. The fourth-order valence-corrected chi connectivity index (χ4v) is 3.17. The molecule has 3 rings (SSSR count). The first-order valence-corrected chi connectivity index (χ1v) is 8.05. The summed E-state index contributed by atoms with van der Waals surface area (Å²) in [6, 6.07) is 8.07. The fourth-order valence-electron chi connectivity index (χ4n) is 2.91. The number of amides is 1. The van der Waals surface area contributed by atoms with Gasteiger partial charge in [0.1, 0.15) is 0 Å². The van der Waals surface area contributed by atoms with Gasteiger partial charge in [-0.15, -0.1) is 0 Å². The third-order valence-electron chi connectivity index (χ3n) is 4.80. The van der Waals surface area contributed by atoms with Gasteiger partial charge in [0.15, 0.2) is 0 Å². The largest absolute Gasteiger partial charge is 0.396 e. The van der Waals surface area contributed by atoms with Gasteiger partial charge in [-0.2, -0.15) is 0 Å². The van der Waals surface area contributed by atoms with Crippen LogP contribution in [0.5, 0.6) is 0 Å². The fraction of sp³-hybridized carbons (Fsp3) is 0.562. The van der Waals surface area contributed by atoms with Crippen molar-refractivity contribution >= 4 is 21.8 Å². The number of halogens is 1. The average molecular weight is 338 g/mol. The van der Waals surface area contributed by atoms with Gasteiger partial charge in [0.2, 0.25) is 5.91 Å². The van der Waals surface area contributed by atoms with Crippen molar-refractivity contribution in [2.45, 2.75) is 37.5 Å². The number of rotatable bonds is 6. The van der Waals surface area contributed by atoms with E-state index in [0.717, 1.165) is 42.1 Å². The van der Waals surface area contributed by atoms with Crippen LogP contribution in [0.15, 0.2) is 28.7 Å². The first kappa shape index (κ1) is 14.1. The Bertz CT molecular complexity index is 504. The molecule has 2 aliphatic carbocycles. The molecule has 1 aromatic rings. The zero-order chi connectivity index (χ0) is 14.2. The Balaban J connectivity index is 1.63. The van der Waals surface area contributed by atoms with E-state index in [1.54, 1.807) is 0 Å². The van der Waals surface area contributed by atoms with Crippen LogP contribution < -0.4 is 5.32 Å². The molecule has 0 bridgehead atoms. The van der Waals surface area contributed by atoms with Gasteiger partial charge in [-0.25, -0.2) is 0 Å². The number of aliphatic hydroxyl groups excluding tert-OH is 1. The standard InChI is InChI=1S/C16H20BrNO2/c17-13-3-1-12(2-4-13)16(7-8-16)14(20)18-11-15(5-6-15)9-10-19/h1-4,19H,5-11H2,(H,18,20). The molecule has 1 amide bonds. The Kier molecular flexibility index (Phi) is 3.63. The van der Waals surface area contributed by atoms with E-state index >= 15 is 0 Å². The number of carbonyl (C=O) groups is 1. The smallest absolute Gasteiger partial charge is 0.230 e. The topological polar surface area (TPSA) is 49.3 Å². The van der Waals surface area contributed by atoms with E-state index in [2.05, 4.69) is 21.2 Å². The molecule has 108 valence electrons. The molecule has 0 aromatic heterocycles. The lowest BCUT2D eigenvalue weighted by atomic mass is 9.94. The molecule has 0 radical (unpaired) electrons. The second kappa shape index (κ2) is 5.15. The summed E-state index contributed by atoms with van der Waals surface area (Å²) in [6.45, 7) is 0.929. The Morgan fingerprint density at radius 3 is 2.35 bits per heavy atom. The predicted octanol–water partition coefficient (Wildman–Crippen LogP) is 2.76. The van der Waals surface area contributed by atoms with E-state index < -0.39 is 0 Å². The maximum Gasteiger partial charge on any atom is 0.230 e. The third-order valence-corrected chi connectivity index (χ3v) is 5.33. The molecule has 0 atom stereocenters. The third kappa shape index (κ3) is 2.63. The van der Waals surface area contributed by atoms with Crippen LogP contribution >= 0.6 is 15.9 Å². The summed E-state index contributed by atoms with van der Waals surface area (Å²) < 4.78 is 1.04. The quantitative estimate of drug-likeness (QED) is 0.838. The van der Waals surface area contributed by atoms with Crippen LogP contribution in [-0.4, -0.2) is 24.2 Å². The van der Waals surface area contributed by atoms with Crippen molar-refractivity contribution in [3.63, 3.8) is 0 Å². The molecular weight excluding hydrogens is 318 g/mol. The van der Waals surface area contributed by atoms with E-state index in [4.69, 9.17) is 5.11 Å². The second-order valence-corrected chi connectivity index (χ2v) is 7.16. The van der Waals surface area contributed by atoms with Crippen molar-refractivity contribution < 1.29 is 9.90 Å². The Morgan fingerprint density at radius 1 is 1.20 bits per heavy atom. The summed E-state index contributed by atoms with van der Waals surface area (Å²) in [7, 11) is 0. The van der Waals surface area contributed by atoms with E-state index in [1.807, 2.05) is 24.3 Å². The van der Waals surface area contributed by atoms with Crippen molar-refractivity contribution in [2.24, 2.45) is 5.41 Å². The van der Waals surface area contributed by atoms with E-state index in [-0.39, 0.29) is 23.3 Å². The lowest BCUT2D eigenvalue weighted by Crippen LogP contribution is -2.38. The average Bonchev–Trinajstić information content (AvgIpc) is 3.33. The molecule has 0 spiro atoms. The van der Waals surface area contributed by atoms with Gasteiger partial charge in [-0.1, -0.05) is 28.1 Å². The summed E-state index contributed by atoms with van der Waals surface area (Å²) in [5.41, 5.74) is 1.00. The highest BCUT2D eigenvalue weighted by Gasteiger charge is 2.52. The molecule has 4 heteroatoms. The van der Waals surface area contributed by atoms with Crippen molar-refractivity contribution in [1.29, 1.82) is 0 Å². The molecule has 3 nitrogen and oxygen atoms in total. The van der Waals surface area contributed by atoms with Gasteiger partial charge < -0.3 is 10.4 Å². The minimum absolute atomic E-state index is 0.157. The number of nitrogens with one attached hydrogen (secondary N) is 1. The number of benzene rings is 1. The highest BCUT2D eigenvalue weighted by molar-refractivity contribution is 9.10. The van der Waals surface area contributed by atoms with Crippen LogP contribution in [0.4, 0.5) is 0 Å². The van der Waals surface area contributed by atoms with Crippen molar-refractivity contribution in [1.82, 2.24) is 5.32 Å². The molecule has 0 heterocycles. The maximum absolute atomic E-state index is 12.5. The molecule has 0 saturated heterocycles. The summed E-state index contributed by atoms with van der Waals surface area (Å²) >= 11 is 3.43. The maximum atomic E-state index is 12.5. The summed E-state index contributed by atoms with van der Waals surface area (Å²) in [4.78, 5) is 12.5. The molecule has 20 heavy (non-hydrogen) atoms. The minimum Gasteiger partial charge on any atom is -0.396 e. The van der Waals surface area contributed by atoms with Crippen LogP contribution in [0.2, 0.25) is 0 Å². The minimum atomic E-state index is -0.296. The van der Waals surface area contributed by atoms with Gasteiger partial charge in [-0.3, -0.25) is 4.79 Å². The van der Waals surface area contributed by atoms with Crippen molar-refractivity contribution in [3.05, 3.63) is 34.3 Å². The monoisotopic (exact) mass is 337 g/mol. The zero-order valence-corrected chi connectivity index (χ0v) is 13.1. The van der Waals surface area contributed by atoms with E-state index in [0.29, 0.717) is 6.54 Å². The van der Waals surface area contributed by atoms with Gasteiger partial charge in [0, 0.05) is 17.6 Å². The van der Waals surface area contributed by atoms with Crippen LogP contribution in [0.1, 0.15) is 37.7 Å². The summed E-state index contributed by atoms with van der Waals surface area (Å²) in [5, 5.41) is 12.2. The molecule has 0 aliphatic heterocycles. The Morgan fingerprint density at radius 2 is 1.85 bits per heavy atom. The van der Waals surface area contributed by atoms with Crippen LogP contribution in [0, 0.1) is 5.41 Å². The molecule has 2 saturated carbocycles. The predicted molar refractivity (Wildman–Crippen MR) is 81.4 cm³/mol. The Hall–Kier alpha value is -0.870. The lowest BCUT2D eigenvalue weighted by molar-refractivity contribution is -0.123. The Labute approximate surface area is 127 Å². The first-order chi connectivity index (χ1) is 9.60. The number of hydrogen-bond donors (Lipinski definition) is 2. The van der Waals surface area contributed by atoms with Crippen LogP contribution in [0.3, 0.4) is 0 Å². The van der Waals surface area contributed by atoms with E-state index in [1.165, 1.54) is 0 Å². The normalized spacial score (nSPS) is 21.3. The zero-order valence-electron chi connectivity index (χ0n) is 11.5. The van der Waals surface area contributed by atoms with Gasteiger partial charge in [-0.05, 0) is 55.2 Å². The van der Waals surface area contributed by atoms with Crippen molar-refractivity contribution in [2.75, 3.05) is 13.2 Å². The second-order valence-electron chi connectivity index (χ2n) is 6.25. The van der Waals surface area contributed by atoms with Crippen LogP contribution in [-0.2, 0) is 10.2 Å². The highest BCUT2D eigenvalue weighted by Crippen LogP contribution is 2.50. The molecule has 0 unspecified atom stereocenters. The molecular formula is C16H20BrNO2. The summed E-state index contributed by atoms with van der Waals surface area (Å²) in [6.07, 6.45) is 4.93. The van der Waals surface area contributed by atoms with Crippen molar-refractivity contribution in [3.8, 4) is 0 Å². The highest BCUT2D eigenvalue weighted by atomic mass is 79.9. The molecule has 2 N–H and O–H groups in total.